The van der Waals surface area contributed by atoms with Gasteiger partial charge in [-0.1, -0.05) is 17.7 Å². The van der Waals surface area contributed by atoms with Gasteiger partial charge in [-0.3, -0.25) is 0 Å². The first-order valence-corrected chi connectivity index (χ1v) is 7.63. The Morgan fingerprint density at radius 1 is 0.682 bits per heavy atom. The molecule has 0 aliphatic carbocycles. The standard InChI is InChI=1S/C19H27N3/c1-15-7-9-17(10-8-15)22(6)14-16-11-18(20(2)3)13-19(12-16)21(4)5/h7-13H,14H2,1-6H3. The second kappa shape index (κ2) is 6.73. The molecule has 0 fully saturated rings. The summed E-state index contributed by atoms with van der Waals surface area (Å²) in [6, 6.07) is 15.4. The zero-order chi connectivity index (χ0) is 16.3. The summed E-state index contributed by atoms with van der Waals surface area (Å²) in [7, 11) is 10.5. The molecule has 2 aromatic carbocycles. The average molecular weight is 297 g/mol. The van der Waals surface area contributed by atoms with Crippen molar-refractivity contribution in [2.24, 2.45) is 0 Å². The molecule has 0 bridgehead atoms. The lowest BCUT2D eigenvalue weighted by Gasteiger charge is -2.23. The fraction of sp³-hybridized carbons (Fsp3) is 0.368. The summed E-state index contributed by atoms with van der Waals surface area (Å²) in [4.78, 5) is 6.60. The fourth-order valence-electron chi connectivity index (χ4n) is 2.43. The molecule has 0 spiro atoms. The van der Waals surface area contributed by atoms with Crippen molar-refractivity contribution >= 4 is 17.1 Å². The van der Waals surface area contributed by atoms with E-state index in [9.17, 15) is 0 Å². The maximum Gasteiger partial charge on any atom is 0.0427 e. The number of rotatable bonds is 5. The van der Waals surface area contributed by atoms with E-state index in [1.165, 1.54) is 28.2 Å². The van der Waals surface area contributed by atoms with Crippen molar-refractivity contribution < 1.29 is 0 Å². The first-order valence-electron chi connectivity index (χ1n) is 7.63. The molecular formula is C19H27N3. The van der Waals surface area contributed by atoms with Gasteiger partial charge in [0.1, 0.15) is 0 Å². The van der Waals surface area contributed by atoms with Gasteiger partial charge in [0.25, 0.3) is 0 Å². The smallest absolute Gasteiger partial charge is 0.0427 e. The Hall–Kier alpha value is -2.16. The molecule has 0 atom stereocenters. The van der Waals surface area contributed by atoms with Crippen molar-refractivity contribution in [3.8, 4) is 0 Å². The molecule has 0 aliphatic rings. The number of anilines is 3. The molecule has 0 heterocycles. The molecule has 0 radical (unpaired) electrons. The van der Waals surface area contributed by atoms with Crippen molar-refractivity contribution in [2.45, 2.75) is 13.5 Å². The highest BCUT2D eigenvalue weighted by Gasteiger charge is 2.07. The van der Waals surface area contributed by atoms with Crippen LogP contribution in [0.4, 0.5) is 17.1 Å². The van der Waals surface area contributed by atoms with E-state index in [2.05, 4.69) is 99.3 Å². The van der Waals surface area contributed by atoms with E-state index in [-0.39, 0.29) is 0 Å². The van der Waals surface area contributed by atoms with Gasteiger partial charge in [0.2, 0.25) is 0 Å². The molecule has 3 heteroatoms. The molecule has 3 nitrogen and oxygen atoms in total. The van der Waals surface area contributed by atoms with Crippen LogP contribution in [-0.4, -0.2) is 35.2 Å². The van der Waals surface area contributed by atoms with Gasteiger partial charge in [0.15, 0.2) is 0 Å². The molecule has 0 N–H and O–H groups in total. The second-order valence-corrected chi connectivity index (χ2v) is 6.34. The van der Waals surface area contributed by atoms with Crippen molar-refractivity contribution in [3.05, 3.63) is 53.6 Å². The fourth-order valence-corrected chi connectivity index (χ4v) is 2.43. The molecule has 0 saturated carbocycles. The lowest BCUT2D eigenvalue weighted by atomic mass is 10.1. The van der Waals surface area contributed by atoms with E-state index in [0.29, 0.717) is 0 Å². The lowest BCUT2D eigenvalue weighted by Crippen LogP contribution is -2.18. The maximum atomic E-state index is 2.29. The van der Waals surface area contributed by atoms with Gasteiger partial charge >= 0.3 is 0 Å². The van der Waals surface area contributed by atoms with Gasteiger partial charge in [0, 0.05) is 58.8 Å². The van der Waals surface area contributed by atoms with Gasteiger partial charge in [-0.2, -0.15) is 0 Å². The Morgan fingerprint density at radius 3 is 1.64 bits per heavy atom. The first-order chi connectivity index (χ1) is 10.4. The van der Waals surface area contributed by atoms with Gasteiger partial charge in [-0.15, -0.1) is 0 Å². The van der Waals surface area contributed by atoms with Crippen molar-refractivity contribution in [2.75, 3.05) is 49.9 Å². The summed E-state index contributed by atoms with van der Waals surface area (Å²) in [5.41, 5.74) is 6.32. The molecule has 2 rings (SSSR count). The second-order valence-electron chi connectivity index (χ2n) is 6.34. The van der Waals surface area contributed by atoms with Crippen LogP contribution in [0.3, 0.4) is 0 Å². The van der Waals surface area contributed by atoms with Crippen LogP contribution in [0.15, 0.2) is 42.5 Å². The first kappa shape index (κ1) is 16.2. The summed E-state index contributed by atoms with van der Waals surface area (Å²) in [5, 5.41) is 0. The van der Waals surface area contributed by atoms with Crippen LogP contribution in [0, 0.1) is 6.92 Å². The Morgan fingerprint density at radius 2 is 1.18 bits per heavy atom. The minimum atomic E-state index is 0.894. The third kappa shape index (κ3) is 3.94. The van der Waals surface area contributed by atoms with Crippen LogP contribution in [0.25, 0.3) is 0 Å². The van der Waals surface area contributed by atoms with Gasteiger partial charge in [0.05, 0.1) is 0 Å². The lowest BCUT2D eigenvalue weighted by molar-refractivity contribution is 0.919. The highest BCUT2D eigenvalue weighted by atomic mass is 15.1. The molecule has 2 aromatic rings. The molecule has 0 aliphatic heterocycles. The average Bonchev–Trinajstić information content (AvgIpc) is 2.47. The summed E-state index contributed by atoms with van der Waals surface area (Å²) < 4.78 is 0. The van der Waals surface area contributed by atoms with Crippen LogP contribution in [0.2, 0.25) is 0 Å². The van der Waals surface area contributed by atoms with Crippen LogP contribution in [0.5, 0.6) is 0 Å². The van der Waals surface area contributed by atoms with E-state index in [1.807, 2.05) is 0 Å². The number of nitrogens with zero attached hydrogens (tertiary/aromatic N) is 3. The largest absolute Gasteiger partial charge is 0.378 e. The Kier molecular flexibility index (Phi) is 4.96. The van der Waals surface area contributed by atoms with Crippen molar-refractivity contribution in [1.82, 2.24) is 0 Å². The van der Waals surface area contributed by atoms with E-state index in [4.69, 9.17) is 0 Å². The highest BCUT2D eigenvalue weighted by molar-refractivity contribution is 5.61. The van der Waals surface area contributed by atoms with Crippen molar-refractivity contribution in [3.63, 3.8) is 0 Å². The number of aryl methyl sites for hydroxylation is 1. The van der Waals surface area contributed by atoms with Gasteiger partial charge in [-0.25, -0.2) is 0 Å². The van der Waals surface area contributed by atoms with E-state index in [0.717, 1.165) is 6.54 Å². The summed E-state index contributed by atoms with van der Waals surface area (Å²) in [5.74, 6) is 0. The predicted octanol–water partition coefficient (Wildman–Crippen LogP) is 3.76. The van der Waals surface area contributed by atoms with Gasteiger partial charge < -0.3 is 14.7 Å². The number of hydrogen-bond acceptors (Lipinski definition) is 3. The topological polar surface area (TPSA) is 9.72 Å². The molecule has 0 unspecified atom stereocenters. The third-order valence-electron chi connectivity index (χ3n) is 3.89. The van der Waals surface area contributed by atoms with E-state index < -0.39 is 0 Å². The summed E-state index contributed by atoms with van der Waals surface area (Å²) in [6.07, 6.45) is 0. The zero-order valence-corrected chi connectivity index (χ0v) is 14.6. The minimum Gasteiger partial charge on any atom is -0.378 e. The maximum absolute atomic E-state index is 2.29. The van der Waals surface area contributed by atoms with E-state index in [1.54, 1.807) is 0 Å². The third-order valence-corrected chi connectivity index (χ3v) is 3.89. The normalized spacial score (nSPS) is 10.5. The quantitative estimate of drug-likeness (QED) is 0.832. The Bertz CT molecular complexity index is 589. The minimum absolute atomic E-state index is 0.894. The highest BCUT2D eigenvalue weighted by Crippen LogP contribution is 2.25. The molecule has 0 aromatic heterocycles. The predicted molar refractivity (Wildman–Crippen MR) is 98.4 cm³/mol. The van der Waals surface area contributed by atoms with Crippen LogP contribution in [-0.2, 0) is 6.54 Å². The number of hydrogen-bond donors (Lipinski definition) is 0. The molecule has 0 amide bonds. The summed E-state index contributed by atoms with van der Waals surface area (Å²) in [6.45, 7) is 3.01. The molecular weight excluding hydrogens is 270 g/mol. The van der Waals surface area contributed by atoms with E-state index >= 15 is 0 Å². The molecule has 118 valence electrons. The van der Waals surface area contributed by atoms with Crippen molar-refractivity contribution in [1.29, 1.82) is 0 Å². The molecule has 22 heavy (non-hydrogen) atoms. The van der Waals surface area contributed by atoms with Gasteiger partial charge in [-0.05, 0) is 42.8 Å². The zero-order valence-electron chi connectivity index (χ0n) is 14.6. The monoisotopic (exact) mass is 297 g/mol. The molecule has 0 saturated heterocycles. The van der Waals surface area contributed by atoms with Crippen LogP contribution < -0.4 is 14.7 Å². The Labute approximate surface area is 134 Å². The Balaban J connectivity index is 2.26. The number of benzene rings is 2. The van der Waals surface area contributed by atoms with Crippen LogP contribution in [0.1, 0.15) is 11.1 Å². The summed E-state index contributed by atoms with van der Waals surface area (Å²) >= 11 is 0. The van der Waals surface area contributed by atoms with Crippen LogP contribution >= 0.6 is 0 Å². The SMILES string of the molecule is Cc1ccc(N(C)Cc2cc(N(C)C)cc(N(C)C)c2)cc1.